The van der Waals surface area contributed by atoms with Crippen molar-refractivity contribution in [3.05, 3.63) is 36.0 Å². The van der Waals surface area contributed by atoms with Gasteiger partial charge in [-0.3, -0.25) is 0 Å². The molecule has 1 heterocycles. The standard InChI is InChI=1S/C19H24N4O2/c1-24-16-9-6-10-17(25-2)18(16)15-13-21-23-19(22-15)20-12-11-14-7-4-3-5-8-14/h6-7,9-10,13H,3-5,8,11-12H2,1-2H3,(H,20,22,23). The van der Waals surface area contributed by atoms with E-state index in [0.717, 1.165) is 18.5 Å². The first-order chi connectivity index (χ1) is 12.3. The van der Waals surface area contributed by atoms with E-state index in [9.17, 15) is 0 Å². The lowest BCUT2D eigenvalue weighted by molar-refractivity contribution is 0.397. The molecule has 0 fully saturated rings. The monoisotopic (exact) mass is 340 g/mol. The summed E-state index contributed by atoms with van der Waals surface area (Å²) in [6.07, 6.45) is 10.0. The predicted molar refractivity (Wildman–Crippen MR) is 98.0 cm³/mol. The zero-order chi connectivity index (χ0) is 17.5. The van der Waals surface area contributed by atoms with Crippen LogP contribution in [0.5, 0.6) is 11.5 Å². The van der Waals surface area contributed by atoms with Crippen LogP contribution in [0, 0.1) is 0 Å². The number of aromatic nitrogens is 3. The van der Waals surface area contributed by atoms with Crippen LogP contribution in [0.15, 0.2) is 36.0 Å². The van der Waals surface area contributed by atoms with Gasteiger partial charge in [0.1, 0.15) is 17.2 Å². The molecule has 1 N–H and O–H groups in total. The molecule has 0 saturated heterocycles. The van der Waals surface area contributed by atoms with Gasteiger partial charge in [-0.1, -0.05) is 17.7 Å². The minimum Gasteiger partial charge on any atom is -0.496 e. The van der Waals surface area contributed by atoms with Crippen LogP contribution < -0.4 is 14.8 Å². The molecule has 0 bridgehead atoms. The Morgan fingerprint density at radius 3 is 2.60 bits per heavy atom. The van der Waals surface area contributed by atoms with Crippen LogP contribution in [0.1, 0.15) is 32.1 Å². The molecule has 1 aliphatic rings. The van der Waals surface area contributed by atoms with Crippen molar-refractivity contribution in [3.63, 3.8) is 0 Å². The summed E-state index contributed by atoms with van der Waals surface area (Å²) in [5.41, 5.74) is 2.97. The predicted octanol–water partition coefficient (Wildman–Crippen LogP) is 3.86. The van der Waals surface area contributed by atoms with Crippen LogP contribution in [0.4, 0.5) is 5.95 Å². The molecule has 1 aromatic heterocycles. The largest absolute Gasteiger partial charge is 0.496 e. The van der Waals surface area contributed by atoms with Crippen LogP contribution in [0.3, 0.4) is 0 Å². The third-order valence-electron chi connectivity index (χ3n) is 4.36. The topological polar surface area (TPSA) is 69.2 Å². The maximum atomic E-state index is 5.45. The molecule has 0 amide bonds. The molecule has 3 rings (SSSR count). The van der Waals surface area contributed by atoms with Gasteiger partial charge in [0, 0.05) is 6.54 Å². The molecule has 6 heteroatoms. The second-order valence-electron chi connectivity index (χ2n) is 5.99. The number of benzene rings is 1. The fourth-order valence-electron chi connectivity index (χ4n) is 3.07. The van der Waals surface area contributed by atoms with Crippen molar-refractivity contribution in [1.29, 1.82) is 0 Å². The Balaban J connectivity index is 1.74. The smallest absolute Gasteiger partial charge is 0.243 e. The van der Waals surface area contributed by atoms with Crippen molar-refractivity contribution in [3.8, 4) is 22.8 Å². The van der Waals surface area contributed by atoms with Crippen LogP contribution >= 0.6 is 0 Å². The normalized spacial score (nSPS) is 13.9. The average Bonchev–Trinajstić information content (AvgIpc) is 2.68. The zero-order valence-electron chi connectivity index (χ0n) is 14.8. The van der Waals surface area contributed by atoms with Crippen LogP contribution in [0.2, 0.25) is 0 Å². The molecular weight excluding hydrogens is 316 g/mol. The van der Waals surface area contributed by atoms with E-state index in [4.69, 9.17) is 9.47 Å². The first-order valence-electron chi connectivity index (χ1n) is 8.64. The highest BCUT2D eigenvalue weighted by Crippen LogP contribution is 2.36. The minimum absolute atomic E-state index is 0.516. The molecule has 6 nitrogen and oxygen atoms in total. The van der Waals surface area contributed by atoms with E-state index in [1.807, 2.05) is 18.2 Å². The van der Waals surface area contributed by atoms with Crippen molar-refractivity contribution in [2.45, 2.75) is 32.1 Å². The van der Waals surface area contributed by atoms with E-state index in [2.05, 4.69) is 26.6 Å². The Morgan fingerprint density at radius 1 is 1.12 bits per heavy atom. The molecule has 25 heavy (non-hydrogen) atoms. The summed E-state index contributed by atoms with van der Waals surface area (Å²) < 4.78 is 10.9. The van der Waals surface area contributed by atoms with Gasteiger partial charge >= 0.3 is 0 Å². The van der Waals surface area contributed by atoms with E-state index in [1.54, 1.807) is 20.4 Å². The second-order valence-corrected chi connectivity index (χ2v) is 5.99. The highest BCUT2D eigenvalue weighted by molar-refractivity contribution is 5.74. The van der Waals surface area contributed by atoms with Gasteiger partial charge in [-0.05, 0) is 44.2 Å². The summed E-state index contributed by atoms with van der Waals surface area (Å²) >= 11 is 0. The summed E-state index contributed by atoms with van der Waals surface area (Å²) in [7, 11) is 3.26. The van der Waals surface area contributed by atoms with Crippen LogP contribution in [0.25, 0.3) is 11.3 Å². The highest BCUT2D eigenvalue weighted by Gasteiger charge is 2.15. The zero-order valence-corrected chi connectivity index (χ0v) is 14.8. The molecule has 0 spiro atoms. The van der Waals surface area contributed by atoms with Gasteiger partial charge in [-0.2, -0.15) is 5.10 Å². The summed E-state index contributed by atoms with van der Waals surface area (Å²) in [6.45, 7) is 0.806. The number of hydrogen-bond acceptors (Lipinski definition) is 6. The quantitative estimate of drug-likeness (QED) is 0.772. The number of hydrogen-bond donors (Lipinski definition) is 1. The maximum Gasteiger partial charge on any atom is 0.243 e. The summed E-state index contributed by atoms with van der Waals surface area (Å²) in [5, 5.41) is 11.4. The molecule has 0 radical (unpaired) electrons. The van der Waals surface area contributed by atoms with Gasteiger partial charge in [-0.25, -0.2) is 4.98 Å². The van der Waals surface area contributed by atoms with Gasteiger partial charge < -0.3 is 14.8 Å². The molecule has 0 saturated carbocycles. The Kier molecular flexibility index (Phi) is 5.82. The number of nitrogens with zero attached hydrogens (tertiary/aromatic N) is 3. The van der Waals surface area contributed by atoms with Crippen LogP contribution in [-0.4, -0.2) is 35.9 Å². The SMILES string of the molecule is COc1cccc(OC)c1-c1cnnc(NCCC2=CCCCC2)n1. The Morgan fingerprint density at radius 2 is 1.92 bits per heavy atom. The van der Waals surface area contributed by atoms with Gasteiger partial charge in [0.05, 0.1) is 26.0 Å². The first-order valence-corrected chi connectivity index (χ1v) is 8.64. The number of anilines is 1. The number of methoxy groups -OCH3 is 2. The van der Waals surface area contributed by atoms with Gasteiger partial charge in [0.15, 0.2) is 0 Å². The molecule has 1 aromatic carbocycles. The van der Waals surface area contributed by atoms with Crippen molar-refractivity contribution in [1.82, 2.24) is 15.2 Å². The summed E-state index contributed by atoms with van der Waals surface area (Å²) in [5.74, 6) is 1.90. The first kappa shape index (κ1) is 17.2. The third kappa shape index (κ3) is 4.26. The van der Waals surface area contributed by atoms with E-state index >= 15 is 0 Å². The second kappa shape index (κ2) is 8.46. The van der Waals surface area contributed by atoms with E-state index in [1.165, 1.54) is 31.3 Å². The lowest BCUT2D eigenvalue weighted by atomic mass is 9.97. The lowest BCUT2D eigenvalue weighted by Gasteiger charge is -2.14. The molecule has 1 aliphatic carbocycles. The molecule has 132 valence electrons. The average molecular weight is 340 g/mol. The highest BCUT2D eigenvalue weighted by atomic mass is 16.5. The van der Waals surface area contributed by atoms with E-state index in [-0.39, 0.29) is 0 Å². The Hall–Kier alpha value is -2.63. The maximum absolute atomic E-state index is 5.45. The molecule has 0 unspecified atom stereocenters. The number of ether oxygens (including phenoxy) is 2. The minimum atomic E-state index is 0.516. The summed E-state index contributed by atoms with van der Waals surface area (Å²) in [6, 6.07) is 5.64. The van der Waals surface area contributed by atoms with Crippen molar-refractivity contribution < 1.29 is 9.47 Å². The Labute approximate surface area is 148 Å². The van der Waals surface area contributed by atoms with Gasteiger partial charge in [0.25, 0.3) is 0 Å². The van der Waals surface area contributed by atoms with Crippen molar-refractivity contribution >= 4 is 5.95 Å². The fourth-order valence-corrected chi connectivity index (χ4v) is 3.07. The summed E-state index contributed by atoms with van der Waals surface area (Å²) in [4.78, 5) is 4.58. The van der Waals surface area contributed by atoms with E-state index in [0.29, 0.717) is 23.1 Å². The number of rotatable bonds is 7. The lowest BCUT2D eigenvalue weighted by Crippen LogP contribution is -2.08. The third-order valence-corrected chi connectivity index (χ3v) is 4.36. The number of allylic oxidation sites excluding steroid dienone is 1. The van der Waals surface area contributed by atoms with Gasteiger partial charge in [-0.15, -0.1) is 5.10 Å². The van der Waals surface area contributed by atoms with E-state index < -0.39 is 0 Å². The fraction of sp³-hybridized carbons (Fsp3) is 0.421. The molecule has 2 aromatic rings. The number of nitrogens with one attached hydrogen (secondary N) is 1. The van der Waals surface area contributed by atoms with Gasteiger partial charge in [0.2, 0.25) is 5.95 Å². The molecular formula is C19H24N4O2. The van der Waals surface area contributed by atoms with Crippen molar-refractivity contribution in [2.75, 3.05) is 26.1 Å². The van der Waals surface area contributed by atoms with Crippen LogP contribution in [-0.2, 0) is 0 Å². The van der Waals surface area contributed by atoms with Crippen molar-refractivity contribution in [2.24, 2.45) is 0 Å². The molecule has 0 atom stereocenters. The Bertz CT molecular complexity index is 724. The molecule has 0 aliphatic heterocycles.